The number of hydrogen-bond donors (Lipinski definition) is 3. The summed E-state index contributed by atoms with van der Waals surface area (Å²) < 4.78 is 62.0. The fourth-order valence-electron chi connectivity index (χ4n) is 0.964. The van der Waals surface area contributed by atoms with Gasteiger partial charge in [-0.15, -0.1) is 0 Å². The summed E-state index contributed by atoms with van der Waals surface area (Å²) in [6, 6.07) is -0.123. The second kappa shape index (κ2) is 5.62. The van der Waals surface area contributed by atoms with E-state index in [0.717, 1.165) is 4.31 Å². The van der Waals surface area contributed by atoms with E-state index in [2.05, 4.69) is 0 Å². The molecule has 0 aromatic rings. The summed E-state index contributed by atoms with van der Waals surface area (Å²) in [5, 5.41) is 7.12. The third-order valence-corrected chi connectivity index (χ3v) is 2.74. The van der Waals surface area contributed by atoms with Crippen LogP contribution < -0.4 is 5.73 Å². The second-order valence-corrected chi connectivity index (χ2v) is 4.60. The Labute approximate surface area is 94.9 Å². The van der Waals surface area contributed by atoms with E-state index in [4.69, 9.17) is 20.2 Å². The van der Waals surface area contributed by atoms with Gasteiger partial charge < -0.3 is 10.8 Å². The summed E-state index contributed by atoms with van der Waals surface area (Å²) in [5.41, 5.74) is 5.40. The highest BCUT2D eigenvalue weighted by molar-refractivity contribution is 7.83. The van der Waals surface area contributed by atoms with Gasteiger partial charge in [-0.25, -0.2) is 4.79 Å². The van der Waals surface area contributed by atoms with Crippen LogP contribution in [0.3, 0.4) is 0 Å². The van der Waals surface area contributed by atoms with E-state index in [1.165, 1.54) is 0 Å². The molecule has 1 fully saturated rings. The van der Waals surface area contributed by atoms with E-state index in [1.807, 2.05) is 0 Å². The van der Waals surface area contributed by atoms with Crippen molar-refractivity contribution < 1.29 is 36.0 Å². The molecule has 1 rings (SSSR count). The van der Waals surface area contributed by atoms with Gasteiger partial charge in [-0.3, -0.25) is 4.55 Å². The Balaban J connectivity index is 0.000000325. The lowest BCUT2D eigenvalue weighted by atomic mass is 10.3. The molecule has 0 saturated carbocycles. The molecule has 1 atom stereocenters. The number of rotatable bonds is 1. The van der Waals surface area contributed by atoms with Crippen LogP contribution in [0.2, 0.25) is 0 Å². The number of carbonyl (C=O) groups is 1. The highest BCUT2D eigenvalue weighted by atomic mass is 32.2. The Kier molecular flexibility index (Phi) is 5.32. The van der Waals surface area contributed by atoms with Crippen molar-refractivity contribution in [3.8, 4) is 0 Å². The van der Waals surface area contributed by atoms with Gasteiger partial charge in [-0.1, -0.05) is 0 Å². The van der Waals surface area contributed by atoms with Crippen molar-refractivity contribution in [3.05, 3.63) is 0 Å². The van der Waals surface area contributed by atoms with Crippen LogP contribution in [0.15, 0.2) is 0 Å². The Morgan fingerprint density at radius 3 is 1.94 bits per heavy atom. The van der Waals surface area contributed by atoms with Crippen molar-refractivity contribution in [3.63, 3.8) is 0 Å². The average Bonchev–Trinajstić information content (AvgIpc) is 2.50. The molecule has 11 heteroatoms. The van der Waals surface area contributed by atoms with Gasteiger partial charge in [0.1, 0.15) is 0 Å². The van der Waals surface area contributed by atoms with Crippen molar-refractivity contribution in [2.45, 2.75) is 18.6 Å². The van der Waals surface area contributed by atoms with Crippen LogP contribution in [0.5, 0.6) is 0 Å². The summed E-state index contributed by atoms with van der Waals surface area (Å²) in [6.07, 6.45) is -4.46. The predicted molar refractivity (Wildman–Crippen MR) is 49.4 cm³/mol. The lowest BCUT2D eigenvalue weighted by molar-refractivity contribution is -0.192. The third kappa shape index (κ3) is 6.41. The molecule has 0 radical (unpaired) electrons. The van der Waals surface area contributed by atoms with Crippen molar-refractivity contribution >= 4 is 16.3 Å². The van der Waals surface area contributed by atoms with Gasteiger partial charge in [-0.05, 0) is 6.42 Å². The maximum Gasteiger partial charge on any atom is 0.490 e. The lowest BCUT2D eigenvalue weighted by Gasteiger charge is -2.08. The first-order valence-electron chi connectivity index (χ1n) is 4.23. The van der Waals surface area contributed by atoms with E-state index in [0.29, 0.717) is 13.0 Å². The number of nitrogens with zero attached hydrogens (tertiary/aromatic N) is 1. The van der Waals surface area contributed by atoms with Crippen molar-refractivity contribution in [2.24, 2.45) is 5.73 Å². The number of nitrogens with two attached hydrogens (primary N) is 1. The summed E-state index contributed by atoms with van der Waals surface area (Å²) in [5.74, 6) is -2.76. The van der Waals surface area contributed by atoms with Crippen LogP contribution in [-0.4, -0.2) is 53.7 Å². The Hall–Kier alpha value is -0.910. The molecule has 1 aliphatic heterocycles. The zero-order valence-corrected chi connectivity index (χ0v) is 9.20. The van der Waals surface area contributed by atoms with E-state index >= 15 is 0 Å². The van der Waals surface area contributed by atoms with Crippen molar-refractivity contribution in [2.75, 3.05) is 13.1 Å². The minimum Gasteiger partial charge on any atom is -0.475 e. The number of halogens is 3. The maximum atomic E-state index is 10.6. The van der Waals surface area contributed by atoms with Crippen LogP contribution in [-0.2, 0) is 15.1 Å². The maximum absolute atomic E-state index is 10.6. The number of carboxylic acids is 1. The smallest absolute Gasteiger partial charge is 0.475 e. The number of carboxylic acid groups (broad SMARTS) is 1. The predicted octanol–water partition coefficient (Wildman–Crippen LogP) is -0.544. The molecule has 1 saturated heterocycles. The van der Waals surface area contributed by atoms with Crippen molar-refractivity contribution in [1.29, 1.82) is 0 Å². The van der Waals surface area contributed by atoms with Gasteiger partial charge >= 0.3 is 22.4 Å². The fourth-order valence-corrected chi connectivity index (χ4v) is 1.68. The van der Waals surface area contributed by atoms with Crippen LogP contribution >= 0.6 is 0 Å². The van der Waals surface area contributed by atoms with Crippen LogP contribution in [0, 0.1) is 0 Å². The van der Waals surface area contributed by atoms with E-state index in [-0.39, 0.29) is 12.6 Å². The highest BCUT2D eigenvalue weighted by Gasteiger charge is 2.38. The minimum absolute atomic E-state index is 0.123. The molecule has 0 amide bonds. The molecule has 1 unspecified atom stereocenters. The zero-order chi connectivity index (χ0) is 13.9. The van der Waals surface area contributed by atoms with Crippen LogP contribution in [0.1, 0.15) is 6.42 Å². The SMILES string of the molecule is NC1CCN(S(=O)(=O)O)C1.O=C(O)C(F)(F)F. The lowest BCUT2D eigenvalue weighted by Crippen LogP contribution is -2.31. The zero-order valence-electron chi connectivity index (χ0n) is 8.38. The quantitative estimate of drug-likeness (QED) is 0.554. The van der Waals surface area contributed by atoms with Crippen LogP contribution in [0.4, 0.5) is 13.2 Å². The number of aliphatic carboxylic acids is 1. The van der Waals surface area contributed by atoms with Gasteiger partial charge in [0.2, 0.25) is 0 Å². The molecule has 7 nitrogen and oxygen atoms in total. The molecule has 0 spiro atoms. The Morgan fingerprint density at radius 1 is 1.41 bits per heavy atom. The first kappa shape index (κ1) is 16.1. The number of alkyl halides is 3. The Bertz CT molecular complexity index is 368. The molecule has 0 aromatic carbocycles. The molecule has 0 aliphatic carbocycles. The second-order valence-electron chi connectivity index (χ2n) is 3.19. The molecule has 0 aromatic heterocycles. The summed E-state index contributed by atoms with van der Waals surface area (Å²) in [7, 11) is -3.98. The molecule has 1 aliphatic rings. The molecule has 4 N–H and O–H groups in total. The molecule has 102 valence electrons. The highest BCUT2D eigenvalue weighted by Crippen LogP contribution is 2.13. The fraction of sp³-hybridized carbons (Fsp3) is 0.833. The van der Waals surface area contributed by atoms with E-state index < -0.39 is 22.4 Å². The topological polar surface area (TPSA) is 121 Å². The molecular weight excluding hydrogens is 269 g/mol. The third-order valence-electron chi connectivity index (χ3n) is 1.76. The minimum atomic E-state index is -5.08. The van der Waals surface area contributed by atoms with Crippen LogP contribution in [0.25, 0.3) is 0 Å². The largest absolute Gasteiger partial charge is 0.490 e. The van der Waals surface area contributed by atoms with Gasteiger partial charge in [0.25, 0.3) is 0 Å². The monoisotopic (exact) mass is 280 g/mol. The average molecular weight is 280 g/mol. The number of hydrogen-bond acceptors (Lipinski definition) is 4. The van der Waals surface area contributed by atoms with Gasteiger partial charge in [0, 0.05) is 19.1 Å². The van der Waals surface area contributed by atoms with Gasteiger partial charge in [-0.2, -0.15) is 25.9 Å². The summed E-state index contributed by atoms with van der Waals surface area (Å²) in [4.78, 5) is 8.90. The summed E-state index contributed by atoms with van der Waals surface area (Å²) >= 11 is 0. The molecule has 1 heterocycles. The molecule has 17 heavy (non-hydrogen) atoms. The van der Waals surface area contributed by atoms with Crippen molar-refractivity contribution in [1.82, 2.24) is 4.31 Å². The summed E-state index contributed by atoms with van der Waals surface area (Å²) in [6.45, 7) is 0.568. The van der Waals surface area contributed by atoms with E-state index in [9.17, 15) is 21.6 Å². The molecule has 0 bridgehead atoms. The first-order chi connectivity index (χ1) is 7.44. The molecular formula is C6H11F3N2O5S. The standard InChI is InChI=1S/C4H10N2O3S.C2HF3O2/c5-4-1-2-6(3-4)10(7,8)9;3-2(4,5)1(6)7/h4H,1-3,5H2,(H,7,8,9);(H,6,7). The normalized spacial score (nSPS) is 21.8. The van der Waals surface area contributed by atoms with Gasteiger partial charge in [0.05, 0.1) is 0 Å². The van der Waals surface area contributed by atoms with E-state index in [1.54, 1.807) is 0 Å². The first-order valence-corrected chi connectivity index (χ1v) is 5.62. The Morgan fingerprint density at radius 2 is 1.82 bits per heavy atom. The van der Waals surface area contributed by atoms with Gasteiger partial charge in [0.15, 0.2) is 0 Å².